The molecule has 1 unspecified atom stereocenters. The lowest BCUT2D eigenvalue weighted by atomic mass is 10.0. The van der Waals surface area contributed by atoms with Crippen molar-refractivity contribution < 1.29 is 5.11 Å². The smallest absolute Gasteiger partial charge is 0.0792 e. The second kappa shape index (κ2) is 4.77. The molecule has 0 amide bonds. The van der Waals surface area contributed by atoms with E-state index < -0.39 is 0 Å². The second-order valence-corrected chi connectivity index (χ2v) is 4.22. The highest BCUT2D eigenvalue weighted by Gasteiger charge is 2.09. The van der Waals surface area contributed by atoms with Crippen LogP contribution in [0.25, 0.3) is 0 Å². The van der Waals surface area contributed by atoms with E-state index in [1.807, 2.05) is 25.1 Å². The molecular weight excluding hydrogens is 228 g/mol. The second-order valence-electron chi connectivity index (χ2n) is 3.31. The van der Waals surface area contributed by atoms with Crippen LogP contribution in [-0.4, -0.2) is 5.11 Å². The van der Waals surface area contributed by atoms with Crippen LogP contribution in [0.15, 0.2) is 22.7 Å². The Morgan fingerprint density at radius 2 is 2.15 bits per heavy atom. The first kappa shape index (κ1) is 10.7. The molecule has 1 rings (SSSR count). The van der Waals surface area contributed by atoms with Gasteiger partial charge in [0.05, 0.1) is 6.10 Å². The summed E-state index contributed by atoms with van der Waals surface area (Å²) >= 11 is 3.40. The predicted molar refractivity (Wildman–Crippen MR) is 58.7 cm³/mol. The van der Waals surface area contributed by atoms with Crippen molar-refractivity contribution in [1.29, 1.82) is 0 Å². The zero-order valence-corrected chi connectivity index (χ0v) is 9.63. The molecular formula is C11H15BrO. The number of aliphatic hydroxyl groups excluding tert-OH is 1. The van der Waals surface area contributed by atoms with Crippen molar-refractivity contribution in [3.05, 3.63) is 33.8 Å². The Morgan fingerprint density at radius 1 is 1.46 bits per heavy atom. The van der Waals surface area contributed by atoms with E-state index in [9.17, 15) is 5.11 Å². The zero-order valence-electron chi connectivity index (χ0n) is 8.05. The van der Waals surface area contributed by atoms with Gasteiger partial charge >= 0.3 is 0 Å². The summed E-state index contributed by atoms with van der Waals surface area (Å²) in [6.45, 7) is 4.11. The molecule has 0 saturated carbocycles. The van der Waals surface area contributed by atoms with E-state index in [1.54, 1.807) is 0 Å². The van der Waals surface area contributed by atoms with Crippen molar-refractivity contribution in [2.24, 2.45) is 0 Å². The molecule has 72 valence electrons. The molecule has 1 atom stereocenters. The average molecular weight is 243 g/mol. The van der Waals surface area contributed by atoms with Crippen molar-refractivity contribution in [2.45, 2.75) is 32.8 Å². The summed E-state index contributed by atoms with van der Waals surface area (Å²) in [4.78, 5) is 0. The Hall–Kier alpha value is -0.340. The molecule has 2 heteroatoms. The molecule has 1 nitrogen and oxygen atoms in total. The highest BCUT2D eigenvalue weighted by molar-refractivity contribution is 9.10. The van der Waals surface area contributed by atoms with Gasteiger partial charge in [-0.15, -0.1) is 0 Å². The van der Waals surface area contributed by atoms with Crippen molar-refractivity contribution in [3.8, 4) is 0 Å². The van der Waals surface area contributed by atoms with Gasteiger partial charge in [0.15, 0.2) is 0 Å². The van der Waals surface area contributed by atoms with Gasteiger partial charge in [0.1, 0.15) is 0 Å². The van der Waals surface area contributed by atoms with Gasteiger partial charge in [-0.1, -0.05) is 35.3 Å². The van der Waals surface area contributed by atoms with Gasteiger partial charge in [0.2, 0.25) is 0 Å². The summed E-state index contributed by atoms with van der Waals surface area (Å²) < 4.78 is 1.03. The predicted octanol–water partition coefficient (Wildman–Crippen LogP) is 3.59. The van der Waals surface area contributed by atoms with Crippen LogP contribution in [0, 0.1) is 6.92 Å². The number of aryl methyl sites for hydroxylation is 1. The topological polar surface area (TPSA) is 20.2 Å². The van der Waals surface area contributed by atoms with Crippen LogP contribution >= 0.6 is 15.9 Å². The zero-order chi connectivity index (χ0) is 9.84. The molecule has 1 aromatic carbocycles. The summed E-state index contributed by atoms with van der Waals surface area (Å²) in [5.74, 6) is 0. The molecule has 0 bridgehead atoms. The highest BCUT2D eigenvalue weighted by atomic mass is 79.9. The lowest BCUT2D eigenvalue weighted by molar-refractivity contribution is 0.165. The molecule has 0 fully saturated rings. The van der Waals surface area contributed by atoms with E-state index in [4.69, 9.17) is 0 Å². The van der Waals surface area contributed by atoms with E-state index >= 15 is 0 Å². The summed E-state index contributed by atoms with van der Waals surface area (Å²) in [6.07, 6.45) is 1.52. The Labute approximate surface area is 87.9 Å². The minimum absolute atomic E-state index is 0.317. The molecule has 0 aliphatic heterocycles. The van der Waals surface area contributed by atoms with Gasteiger partial charge in [-0.05, 0) is 36.6 Å². The van der Waals surface area contributed by atoms with Crippen molar-refractivity contribution in [3.63, 3.8) is 0 Å². The van der Waals surface area contributed by atoms with E-state index in [-0.39, 0.29) is 6.10 Å². The minimum atomic E-state index is -0.317. The molecule has 0 heterocycles. The van der Waals surface area contributed by atoms with Crippen LogP contribution in [0.4, 0.5) is 0 Å². The van der Waals surface area contributed by atoms with Crippen molar-refractivity contribution in [1.82, 2.24) is 0 Å². The average Bonchev–Trinajstić information content (AvgIpc) is 2.09. The first-order chi connectivity index (χ1) is 6.15. The van der Waals surface area contributed by atoms with Gasteiger partial charge in [-0.25, -0.2) is 0 Å². The summed E-state index contributed by atoms with van der Waals surface area (Å²) in [7, 11) is 0. The molecule has 0 radical (unpaired) electrons. The molecule has 0 saturated heterocycles. The number of aliphatic hydroxyl groups is 1. The lowest BCUT2D eigenvalue weighted by Gasteiger charge is -2.12. The maximum Gasteiger partial charge on any atom is 0.0792 e. The standard InChI is InChI=1S/C11H15BrO/c1-3-4-11(13)10-7-9(12)6-5-8(10)2/h5-7,11,13H,3-4H2,1-2H3. The third-order valence-corrected chi connectivity index (χ3v) is 2.66. The van der Waals surface area contributed by atoms with Crippen molar-refractivity contribution >= 4 is 15.9 Å². The molecule has 1 aromatic rings. The quantitative estimate of drug-likeness (QED) is 0.860. The number of benzene rings is 1. The Balaban J connectivity index is 2.91. The van der Waals surface area contributed by atoms with Crippen LogP contribution in [0.2, 0.25) is 0 Å². The number of hydrogen-bond acceptors (Lipinski definition) is 1. The lowest BCUT2D eigenvalue weighted by Crippen LogP contribution is -1.99. The number of hydrogen-bond donors (Lipinski definition) is 1. The fraction of sp³-hybridized carbons (Fsp3) is 0.455. The van der Waals surface area contributed by atoms with Crippen LogP contribution < -0.4 is 0 Å². The Bertz CT molecular complexity index is 283. The van der Waals surface area contributed by atoms with Gasteiger partial charge in [-0.2, -0.15) is 0 Å². The Morgan fingerprint density at radius 3 is 2.77 bits per heavy atom. The van der Waals surface area contributed by atoms with Gasteiger partial charge < -0.3 is 5.11 Å². The van der Waals surface area contributed by atoms with Crippen LogP contribution in [0.1, 0.15) is 37.0 Å². The van der Waals surface area contributed by atoms with E-state index in [0.717, 1.165) is 28.4 Å². The monoisotopic (exact) mass is 242 g/mol. The van der Waals surface area contributed by atoms with Gasteiger partial charge in [0.25, 0.3) is 0 Å². The highest BCUT2D eigenvalue weighted by Crippen LogP contribution is 2.24. The third-order valence-electron chi connectivity index (χ3n) is 2.16. The molecule has 0 aromatic heterocycles. The first-order valence-corrected chi connectivity index (χ1v) is 5.38. The molecule has 0 spiro atoms. The summed E-state index contributed by atoms with van der Waals surface area (Å²) in [5.41, 5.74) is 2.19. The fourth-order valence-electron chi connectivity index (χ4n) is 1.40. The maximum absolute atomic E-state index is 9.80. The van der Waals surface area contributed by atoms with E-state index in [1.165, 1.54) is 0 Å². The summed E-state index contributed by atoms with van der Waals surface area (Å²) in [6, 6.07) is 6.02. The van der Waals surface area contributed by atoms with Crippen molar-refractivity contribution in [2.75, 3.05) is 0 Å². The molecule has 1 N–H and O–H groups in total. The van der Waals surface area contributed by atoms with Gasteiger partial charge in [-0.3, -0.25) is 0 Å². The van der Waals surface area contributed by atoms with Crippen LogP contribution in [-0.2, 0) is 0 Å². The van der Waals surface area contributed by atoms with E-state index in [0.29, 0.717) is 0 Å². The largest absolute Gasteiger partial charge is 0.388 e. The first-order valence-electron chi connectivity index (χ1n) is 4.59. The number of rotatable bonds is 3. The normalized spacial score (nSPS) is 12.9. The number of halogens is 1. The molecule has 0 aliphatic rings. The third kappa shape index (κ3) is 2.82. The van der Waals surface area contributed by atoms with Crippen LogP contribution in [0.3, 0.4) is 0 Å². The van der Waals surface area contributed by atoms with Crippen LogP contribution in [0.5, 0.6) is 0 Å². The molecule has 13 heavy (non-hydrogen) atoms. The van der Waals surface area contributed by atoms with Gasteiger partial charge in [0, 0.05) is 4.47 Å². The maximum atomic E-state index is 9.80. The SMILES string of the molecule is CCCC(O)c1cc(Br)ccc1C. The fourth-order valence-corrected chi connectivity index (χ4v) is 1.78. The Kier molecular flexibility index (Phi) is 3.94. The molecule has 0 aliphatic carbocycles. The minimum Gasteiger partial charge on any atom is -0.388 e. The van der Waals surface area contributed by atoms with E-state index in [2.05, 4.69) is 22.9 Å². The summed E-state index contributed by atoms with van der Waals surface area (Å²) in [5, 5.41) is 9.80.